The van der Waals surface area contributed by atoms with Crippen molar-refractivity contribution >= 4 is 21.8 Å². The molecule has 20 heavy (non-hydrogen) atoms. The van der Waals surface area contributed by atoms with E-state index < -0.39 is 15.8 Å². The fourth-order valence-electron chi connectivity index (χ4n) is 1.71. The minimum absolute atomic E-state index is 0.106. The molecule has 0 saturated heterocycles. The van der Waals surface area contributed by atoms with E-state index >= 15 is 0 Å². The maximum Gasteiger partial charge on any atom is 0.240 e. The molecule has 0 radical (unpaired) electrons. The fourth-order valence-corrected chi connectivity index (χ4v) is 3.32. The summed E-state index contributed by atoms with van der Waals surface area (Å²) in [6.07, 6.45) is 3.79. The second-order valence-electron chi connectivity index (χ2n) is 4.38. The van der Waals surface area contributed by atoms with Crippen LogP contribution in [0.3, 0.4) is 0 Å². The largest absolute Gasteiger partial charge is 0.316 e. The third-order valence-electron chi connectivity index (χ3n) is 2.76. The molecule has 4 nitrogen and oxygen atoms in total. The van der Waals surface area contributed by atoms with Gasteiger partial charge in [0.2, 0.25) is 10.0 Å². The summed E-state index contributed by atoms with van der Waals surface area (Å²) < 4.78 is 40.2. The molecule has 7 heteroatoms. The van der Waals surface area contributed by atoms with Crippen molar-refractivity contribution in [1.29, 1.82) is 0 Å². The van der Waals surface area contributed by atoms with Crippen molar-refractivity contribution in [3.63, 3.8) is 0 Å². The van der Waals surface area contributed by atoms with Crippen molar-refractivity contribution in [3.8, 4) is 0 Å². The molecule has 0 aliphatic rings. The van der Waals surface area contributed by atoms with E-state index in [0.29, 0.717) is 18.7 Å². The summed E-state index contributed by atoms with van der Waals surface area (Å²) in [5.41, 5.74) is 0.345. The number of halogens is 1. The van der Waals surface area contributed by atoms with E-state index in [9.17, 15) is 12.8 Å². The topological polar surface area (TPSA) is 58.2 Å². The molecule has 1 rings (SSSR count). The summed E-state index contributed by atoms with van der Waals surface area (Å²) in [7, 11) is -1.87. The van der Waals surface area contributed by atoms with Crippen LogP contribution in [0, 0.1) is 5.82 Å². The van der Waals surface area contributed by atoms with Crippen LogP contribution in [-0.4, -0.2) is 34.0 Å². The van der Waals surface area contributed by atoms with E-state index in [2.05, 4.69) is 10.0 Å². The zero-order chi connectivity index (χ0) is 15.0. The van der Waals surface area contributed by atoms with Gasteiger partial charge >= 0.3 is 0 Å². The monoisotopic (exact) mass is 320 g/mol. The number of benzene rings is 1. The van der Waals surface area contributed by atoms with Gasteiger partial charge < -0.3 is 5.32 Å². The number of nitrogens with one attached hydrogen (secondary N) is 2. The predicted molar refractivity (Wildman–Crippen MR) is 82.0 cm³/mol. The summed E-state index contributed by atoms with van der Waals surface area (Å²) >= 11 is 1.74. The minimum atomic E-state index is -3.56. The van der Waals surface area contributed by atoms with Crippen LogP contribution in [0.5, 0.6) is 0 Å². The second-order valence-corrected chi connectivity index (χ2v) is 7.13. The van der Waals surface area contributed by atoms with E-state index in [1.54, 1.807) is 18.8 Å². The number of hydrogen-bond donors (Lipinski definition) is 2. The smallest absolute Gasteiger partial charge is 0.240 e. The van der Waals surface area contributed by atoms with Gasteiger partial charge in [-0.15, -0.1) is 0 Å². The summed E-state index contributed by atoms with van der Waals surface area (Å²) in [5.74, 6) is 0.614. The SMILES string of the molecule is CNCc1cc(S(=O)(=O)NCCCCSC)ccc1F. The van der Waals surface area contributed by atoms with E-state index in [1.807, 2.05) is 6.26 Å². The third kappa shape index (κ3) is 5.40. The van der Waals surface area contributed by atoms with Crippen LogP contribution in [0.15, 0.2) is 23.1 Å². The molecule has 0 unspecified atom stereocenters. The van der Waals surface area contributed by atoms with Crippen molar-refractivity contribution in [2.75, 3.05) is 25.6 Å². The highest BCUT2D eigenvalue weighted by Gasteiger charge is 2.15. The van der Waals surface area contributed by atoms with Crippen molar-refractivity contribution in [1.82, 2.24) is 10.0 Å². The van der Waals surface area contributed by atoms with Crippen LogP contribution >= 0.6 is 11.8 Å². The average molecular weight is 320 g/mol. The van der Waals surface area contributed by atoms with Gasteiger partial charge in [-0.3, -0.25) is 0 Å². The Morgan fingerprint density at radius 2 is 2.05 bits per heavy atom. The van der Waals surface area contributed by atoms with Crippen molar-refractivity contribution in [3.05, 3.63) is 29.6 Å². The zero-order valence-electron chi connectivity index (χ0n) is 11.8. The molecule has 1 aromatic carbocycles. The van der Waals surface area contributed by atoms with Crippen LogP contribution in [0.2, 0.25) is 0 Å². The molecule has 0 amide bonds. The van der Waals surface area contributed by atoms with Gasteiger partial charge in [-0.25, -0.2) is 17.5 Å². The van der Waals surface area contributed by atoms with Crippen molar-refractivity contribution in [2.24, 2.45) is 0 Å². The zero-order valence-corrected chi connectivity index (χ0v) is 13.4. The second kappa shape index (κ2) is 8.61. The lowest BCUT2D eigenvalue weighted by Gasteiger charge is -2.09. The van der Waals surface area contributed by atoms with E-state index in [-0.39, 0.29) is 4.90 Å². The fraction of sp³-hybridized carbons (Fsp3) is 0.538. The van der Waals surface area contributed by atoms with Crippen molar-refractivity contribution in [2.45, 2.75) is 24.3 Å². The van der Waals surface area contributed by atoms with Crippen LogP contribution in [-0.2, 0) is 16.6 Å². The number of hydrogen-bond acceptors (Lipinski definition) is 4. The first-order chi connectivity index (χ1) is 9.51. The Morgan fingerprint density at radius 3 is 2.70 bits per heavy atom. The Bertz CT molecular complexity index is 521. The minimum Gasteiger partial charge on any atom is -0.316 e. The summed E-state index contributed by atoms with van der Waals surface area (Å²) in [4.78, 5) is 0.106. The Kier molecular flexibility index (Phi) is 7.50. The normalized spacial score (nSPS) is 11.8. The molecule has 0 fully saturated rings. The van der Waals surface area contributed by atoms with E-state index in [0.717, 1.165) is 18.6 Å². The molecule has 0 aromatic heterocycles. The lowest BCUT2D eigenvalue weighted by molar-refractivity contribution is 0.575. The Morgan fingerprint density at radius 1 is 1.30 bits per heavy atom. The van der Waals surface area contributed by atoms with Crippen LogP contribution in [0.4, 0.5) is 4.39 Å². The van der Waals surface area contributed by atoms with Gasteiger partial charge in [0.15, 0.2) is 0 Å². The molecule has 0 heterocycles. The first-order valence-corrected chi connectivity index (χ1v) is 9.30. The van der Waals surface area contributed by atoms with Gasteiger partial charge in [-0.1, -0.05) is 0 Å². The molecule has 114 valence electrons. The maximum absolute atomic E-state index is 13.5. The lowest BCUT2D eigenvalue weighted by atomic mass is 10.2. The van der Waals surface area contributed by atoms with E-state index in [1.165, 1.54) is 18.2 Å². The van der Waals surface area contributed by atoms with Gasteiger partial charge in [0, 0.05) is 18.7 Å². The number of sulfonamides is 1. The molecular formula is C13H21FN2O2S2. The van der Waals surface area contributed by atoms with Crippen LogP contribution in [0.1, 0.15) is 18.4 Å². The lowest BCUT2D eigenvalue weighted by Crippen LogP contribution is -2.25. The molecule has 0 aliphatic heterocycles. The number of thioether (sulfide) groups is 1. The first kappa shape index (κ1) is 17.4. The van der Waals surface area contributed by atoms with E-state index in [4.69, 9.17) is 0 Å². The molecule has 1 aromatic rings. The van der Waals surface area contributed by atoms with Gasteiger partial charge in [0.1, 0.15) is 5.82 Å². The Labute approximate surface area is 124 Å². The molecule has 2 N–H and O–H groups in total. The molecule has 0 saturated carbocycles. The Balaban J connectivity index is 2.69. The highest BCUT2D eigenvalue weighted by atomic mass is 32.2. The summed E-state index contributed by atoms with van der Waals surface area (Å²) in [6, 6.07) is 3.85. The molecule has 0 aliphatic carbocycles. The standard InChI is InChI=1S/C13H21FN2O2S2/c1-15-10-11-9-12(5-6-13(11)14)20(17,18)16-7-3-4-8-19-2/h5-6,9,15-16H,3-4,7-8,10H2,1-2H3. The highest BCUT2D eigenvalue weighted by Crippen LogP contribution is 2.15. The number of unbranched alkanes of at least 4 members (excludes halogenated alkanes) is 1. The molecular weight excluding hydrogens is 299 g/mol. The summed E-state index contributed by atoms with van der Waals surface area (Å²) in [5, 5.41) is 2.81. The van der Waals surface area contributed by atoms with Crippen LogP contribution < -0.4 is 10.0 Å². The Hall–Kier alpha value is -0.630. The summed E-state index contributed by atoms with van der Waals surface area (Å²) in [6.45, 7) is 0.699. The van der Waals surface area contributed by atoms with Crippen LogP contribution in [0.25, 0.3) is 0 Å². The van der Waals surface area contributed by atoms with Gasteiger partial charge in [0.05, 0.1) is 4.90 Å². The first-order valence-electron chi connectivity index (χ1n) is 6.43. The maximum atomic E-state index is 13.5. The highest BCUT2D eigenvalue weighted by molar-refractivity contribution is 7.98. The van der Waals surface area contributed by atoms with Gasteiger partial charge in [-0.05, 0) is 50.1 Å². The quantitative estimate of drug-likeness (QED) is 0.683. The van der Waals surface area contributed by atoms with Gasteiger partial charge in [0.25, 0.3) is 0 Å². The molecule has 0 spiro atoms. The molecule has 0 atom stereocenters. The molecule has 0 bridgehead atoms. The number of rotatable bonds is 9. The van der Waals surface area contributed by atoms with Gasteiger partial charge in [-0.2, -0.15) is 11.8 Å². The predicted octanol–water partition coefficient (Wildman–Crippen LogP) is 1.97. The van der Waals surface area contributed by atoms with Crippen molar-refractivity contribution < 1.29 is 12.8 Å². The average Bonchev–Trinajstić information content (AvgIpc) is 2.41. The third-order valence-corrected chi connectivity index (χ3v) is 4.92.